The zero-order valence-corrected chi connectivity index (χ0v) is 15.2. The maximum atomic E-state index is 12.7. The lowest BCUT2D eigenvalue weighted by Gasteiger charge is -2.32. The van der Waals surface area contributed by atoms with Crippen molar-refractivity contribution in [1.29, 1.82) is 0 Å². The molecule has 5 nitrogen and oxygen atoms in total. The highest BCUT2D eigenvalue weighted by atomic mass is 16.2. The van der Waals surface area contributed by atoms with Crippen LogP contribution in [0.1, 0.15) is 44.0 Å². The Kier molecular flexibility index (Phi) is 6.23. The van der Waals surface area contributed by atoms with Gasteiger partial charge in [0.05, 0.1) is 5.92 Å². The fourth-order valence-electron chi connectivity index (χ4n) is 3.40. The average Bonchev–Trinajstić information content (AvgIpc) is 2.61. The smallest absolute Gasteiger partial charge is 0.253 e. The first-order valence-electron chi connectivity index (χ1n) is 8.85. The molecule has 0 aromatic heterocycles. The third-order valence-corrected chi connectivity index (χ3v) is 4.74. The minimum atomic E-state index is -0.0940. The third-order valence-electron chi connectivity index (χ3n) is 4.74. The van der Waals surface area contributed by atoms with Gasteiger partial charge in [-0.3, -0.25) is 9.59 Å². The van der Waals surface area contributed by atoms with Gasteiger partial charge in [0.1, 0.15) is 0 Å². The van der Waals surface area contributed by atoms with E-state index in [-0.39, 0.29) is 17.7 Å². The van der Waals surface area contributed by atoms with Gasteiger partial charge in [0, 0.05) is 44.0 Å². The van der Waals surface area contributed by atoms with Gasteiger partial charge in [-0.2, -0.15) is 0 Å². The molecule has 1 N–H and O–H groups in total. The number of nitrogens with one attached hydrogen (secondary N) is 1. The molecule has 1 aliphatic heterocycles. The highest BCUT2D eigenvalue weighted by Crippen LogP contribution is 2.21. The molecule has 1 atom stereocenters. The second kappa shape index (κ2) is 8.18. The Bertz CT molecular complexity index is 568. The maximum Gasteiger partial charge on any atom is 0.253 e. The lowest BCUT2D eigenvalue weighted by molar-refractivity contribution is -0.125. The number of amides is 2. The van der Waals surface area contributed by atoms with Crippen molar-refractivity contribution in [2.45, 2.75) is 39.7 Å². The van der Waals surface area contributed by atoms with Gasteiger partial charge >= 0.3 is 0 Å². The van der Waals surface area contributed by atoms with E-state index in [1.165, 1.54) is 0 Å². The molecule has 0 aliphatic carbocycles. The van der Waals surface area contributed by atoms with Crippen molar-refractivity contribution in [1.82, 2.24) is 10.2 Å². The second-order valence-corrected chi connectivity index (χ2v) is 6.63. The first-order chi connectivity index (χ1) is 11.5. The lowest BCUT2D eigenvalue weighted by Crippen LogP contribution is -2.44. The van der Waals surface area contributed by atoms with Crippen LogP contribution in [0.2, 0.25) is 0 Å². The molecule has 0 spiro atoms. The molecular weight excluding hydrogens is 302 g/mol. The number of nitrogens with zero attached hydrogens (tertiary/aromatic N) is 2. The molecule has 0 radical (unpaired) electrons. The summed E-state index contributed by atoms with van der Waals surface area (Å²) in [6, 6.07) is 8.23. The summed E-state index contributed by atoms with van der Waals surface area (Å²) in [5.74, 6) is -0.0513. The predicted octanol–water partition coefficient (Wildman–Crippen LogP) is 2.52. The van der Waals surface area contributed by atoms with E-state index >= 15 is 0 Å². The molecule has 5 heteroatoms. The van der Waals surface area contributed by atoms with Gasteiger partial charge in [-0.05, 0) is 57.9 Å². The van der Waals surface area contributed by atoms with Crippen LogP contribution in [0.5, 0.6) is 0 Å². The number of anilines is 1. The van der Waals surface area contributed by atoms with Crippen LogP contribution in [-0.4, -0.2) is 49.4 Å². The number of hydrogen-bond acceptors (Lipinski definition) is 3. The van der Waals surface area contributed by atoms with E-state index in [0.717, 1.165) is 31.6 Å². The third kappa shape index (κ3) is 4.08. The molecule has 132 valence electrons. The van der Waals surface area contributed by atoms with Gasteiger partial charge in [0.25, 0.3) is 5.91 Å². The van der Waals surface area contributed by atoms with Crippen molar-refractivity contribution in [2.24, 2.45) is 5.92 Å². The van der Waals surface area contributed by atoms with Gasteiger partial charge in [-0.25, -0.2) is 0 Å². The van der Waals surface area contributed by atoms with Crippen LogP contribution in [-0.2, 0) is 4.79 Å². The predicted molar refractivity (Wildman–Crippen MR) is 97.3 cm³/mol. The molecule has 24 heavy (non-hydrogen) atoms. The zero-order chi connectivity index (χ0) is 17.7. The van der Waals surface area contributed by atoms with Gasteiger partial charge in [-0.1, -0.05) is 0 Å². The van der Waals surface area contributed by atoms with Crippen molar-refractivity contribution in [3.05, 3.63) is 29.8 Å². The minimum Gasteiger partial charge on any atom is -0.369 e. The normalized spacial score (nSPS) is 17.7. The molecule has 1 saturated heterocycles. The van der Waals surface area contributed by atoms with Gasteiger partial charge in [0.2, 0.25) is 5.91 Å². The van der Waals surface area contributed by atoms with Gasteiger partial charge < -0.3 is 15.1 Å². The quantitative estimate of drug-likeness (QED) is 0.902. The Balaban J connectivity index is 2.08. The molecule has 0 bridgehead atoms. The number of piperidine rings is 1. The highest BCUT2D eigenvalue weighted by Gasteiger charge is 2.28. The van der Waals surface area contributed by atoms with Gasteiger partial charge in [-0.15, -0.1) is 0 Å². The monoisotopic (exact) mass is 331 g/mol. The van der Waals surface area contributed by atoms with Crippen LogP contribution < -0.4 is 10.2 Å². The van der Waals surface area contributed by atoms with E-state index in [2.05, 4.69) is 31.0 Å². The number of rotatable bonds is 5. The number of carbonyl (C=O) groups is 2. The molecule has 2 rings (SSSR count). The fourth-order valence-corrected chi connectivity index (χ4v) is 3.40. The van der Waals surface area contributed by atoms with E-state index < -0.39 is 0 Å². The van der Waals surface area contributed by atoms with Crippen LogP contribution >= 0.6 is 0 Å². The van der Waals surface area contributed by atoms with Crippen molar-refractivity contribution < 1.29 is 9.59 Å². The highest BCUT2D eigenvalue weighted by molar-refractivity contribution is 5.95. The number of carbonyl (C=O) groups excluding carboxylic acids is 2. The first-order valence-corrected chi connectivity index (χ1v) is 8.85. The fraction of sp³-hybridized carbons (Fsp3) is 0.579. The molecule has 0 unspecified atom stereocenters. The largest absolute Gasteiger partial charge is 0.369 e. The molecule has 2 amide bonds. The molecule has 1 aliphatic rings. The average molecular weight is 331 g/mol. The van der Waals surface area contributed by atoms with E-state index in [9.17, 15) is 9.59 Å². The number of likely N-dealkylation sites (tertiary alicyclic amines) is 1. The SMILES string of the molecule is CCN(c1ccc(C(=O)N2CCC[C@H](C(=O)NC)C2)cc1)C(C)C. The van der Waals surface area contributed by atoms with Crippen LogP contribution in [0, 0.1) is 5.92 Å². The summed E-state index contributed by atoms with van der Waals surface area (Å²) in [5.41, 5.74) is 1.82. The minimum absolute atomic E-state index is 0.0164. The van der Waals surface area contributed by atoms with Gasteiger partial charge in [0.15, 0.2) is 0 Å². The molecule has 1 aromatic rings. The van der Waals surface area contributed by atoms with Crippen LogP contribution in [0.25, 0.3) is 0 Å². The van der Waals surface area contributed by atoms with E-state index in [0.29, 0.717) is 18.2 Å². The summed E-state index contributed by atoms with van der Waals surface area (Å²) >= 11 is 0. The zero-order valence-electron chi connectivity index (χ0n) is 15.2. The lowest BCUT2D eigenvalue weighted by atomic mass is 9.96. The first kappa shape index (κ1) is 18.3. The summed E-state index contributed by atoms with van der Waals surface area (Å²) in [6.45, 7) is 8.62. The van der Waals surface area contributed by atoms with Crippen molar-refractivity contribution >= 4 is 17.5 Å². The van der Waals surface area contributed by atoms with E-state index in [1.54, 1.807) is 11.9 Å². The summed E-state index contributed by atoms with van der Waals surface area (Å²) in [6.07, 6.45) is 1.72. The van der Waals surface area contributed by atoms with Crippen molar-refractivity contribution in [2.75, 3.05) is 31.6 Å². The Morgan fingerprint density at radius 1 is 1.29 bits per heavy atom. The second-order valence-electron chi connectivity index (χ2n) is 6.63. The molecule has 1 fully saturated rings. The van der Waals surface area contributed by atoms with E-state index in [4.69, 9.17) is 0 Å². The van der Waals surface area contributed by atoms with Crippen LogP contribution in [0.3, 0.4) is 0 Å². The summed E-state index contributed by atoms with van der Waals surface area (Å²) in [7, 11) is 1.65. The van der Waals surface area contributed by atoms with Crippen molar-refractivity contribution in [3.63, 3.8) is 0 Å². The Labute approximate surface area is 145 Å². The standard InChI is InChI=1S/C19H29N3O2/c1-5-22(14(2)3)17-10-8-15(9-11-17)19(24)21-12-6-7-16(13-21)18(23)20-4/h8-11,14,16H,5-7,12-13H2,1-4H3,(H,20,23)/t16-/m0/s1. The Morgan fingerprint density at radius 2 is 1.96 bits per heavy atom. The molecular formula is C19H29N3O2. The van der Waals surface area contributed by atoms with E-state index in [1.807, 2.05) is 24.3 Å². The number of hydrogen-bond donors (Lipinski definition) is 1. The topological polar surface area (TPSA) is 52.7 Å². The molecule has 1 aromatic carbocycles. The molecule has 0 saturated carbocycles. The number of benzene rings is 1. The maximum absolute atomic E-state index is 12.7. The van der Waals surface area contributed by atoms with Crippen LogP contribution in [0.4, 0.5) is 5.69 Å². The summed E-state index contributed by atoms with van der Waals surface area (Å²) in [5, 5.41) is 2.69. The Hall–Kier alpha value is -2.04. The van der Waals surface area contributed by atoms with Crippen LogP contribution in [0.15, 0.2) is 24.3 Å². The summed E-state index contributed by atoms with van der Waals surface area (Å²) in [4.78, 5) is 28.6. The molecule has 1 heterocycles. The van der Waals surface area contributed by atoms with Crippen molar-refractivity contribution in [3.8, 4) is 0 Å². The Morgan fingerprint density at radius 3 is 2.50 bits per heavy atom. The summed E-state index contributed by atoms with van der Waals surface area (Å²) < 4.78 is 0.